The molecule has 2 unspecified atom stereocenters. The Morgan fingerprint density at radius 1 is 0.508 bits per heavy atom. The van der Waals surface area contributed by atoms with Crippen molar-refractivity contribution in [3.8, 4) is 0 Å². The smallest absolute Gasteiger partial charge is 0.457 e. The minimum Gasteiger partial charge on any atom is -0.457 e. The maximum atomic E-state index is 12.6. The summed E-state index contributed by atoms with van der Waals surface area (Å²) < 4.78 is 33.5. The van der Waals surface area contributed by atoms with E-state index in [1.54, 1.807) is 0 Å². The summed E-state index contributed by atoms with van der Waals surface area (Å²) in [6.07, 6.45) is 63.3. The lowest BCUT2D eigenvalue weighted by Gasteiger charge is -2.20. The third kappa shape index (κ3) is 48.6. The van der Waals surface area contributed by atoms with Crippen LogP contribution in [0.3, 0.4) is 0 Å². The van der Waals surface area contributed by atoms with E-state index in [1.165, 1.54) is 96.3 Å². The van der Waals surface area contributed by atoms with Crippen LogP contribution in [0.1, 0.15) is 200 Å². The van der Waals surface area contributed by atoms with Crippen molar-refractivity contribution in [2.24, 2.45) is 5.73 Å². The van der Waals surface area contributed by atoms with Crippen molar-refractivity contribution in [1.29, 1.82) is 0 Å². The average molecular weight is 874 g/mol. The van der Waals surface area contributed by atoms with Crippen LogP contribution < -0.4 is 5.73 Å². The predicted molar refractivity (Wildman–Crippen MR) is 261 cm³/mol. The van der Waals surface area contributed by atoms with Gasteiger partial charge in [0.15, 0.2) is 0 Å². The molecule has 0 aromatic rings. The van der Waals surface area contributed by atoms with E-state index in [9.17, 15) is 14.3 Å². The lowest BCUT2D eigenvalue weighted by molar-refractivity contribution is -0.154. The number of carbonyl (C=O) groups excluding carboxylic acids is 1. The number of esters is 1. The number of hydrogen-bond acceptors (Lipinski definition) is 7. The molecule has 8 nitrogen and oxygen atoms in total. The monoisotopic (exact) mass is 874 g/mol. The number of nitrogens with two attached hydrogens (primary N) is 1. The second kappa shape index (κ2) is 48.7. The van der Waals surface area contributed by atoms with Gasteiger partial charge in [0.2, 0.25) is 0 Å². The molecule has 0 rings (SSSR count). The van der Waals surface area contributed by atoms with Gasteiger partial charge in [-0.2, -0.15) is 0 Å². The predicted octanol–water partition coefficient (Wildman–Crippen LogP) is 15.3. The van der Waals surface area contributed by atoms with Crippen molar-refractivity contribution in [2.75, 3.05) is 33.0 Å². The summed E-state index contributed by atoms with van der Waals surface area (Å²) in [5.41, 5.74) is 5.38. The van der Waals surface area contributed by atoms with Gasteiger partial charge in [-0.05, 0) is 70.6 Å². The number of unbranched alkanes of at least 4 members (excludes halogenated alkanes) is 19. The number of ether oxygens (including phenoxy) is 2. The number of allylic oxidation sites excluding steroid dienone is 14. The zero-order chi connectivity index (χ0) is 44.4. The first-order valence-corrected chi connectivity index (χ1v) is 26.1. The largest absolute Gasteiger partial charge is 0.472 e. The van der Waals surface area contributed by atoms with E-state index < -0.39 is 13.9 Å². The molecule has 2 atom stereocenters. The Morgan fingerprint density at radius 3 is 1.34 bits per heavy atom. The van der Waals surface area contributed by atoms with Crippen molar-refractivity contribution in [3.05, 3.63) is 85.1 Å². The van der Waals surface area contributed by atoms with Gasteiger partial charge < -0.3 is 20.1 Å². The van der Waals surface area contributed by atoms with Gasteiger partial charge in [0.05, 0.1) is 19.8 Å². The van der Waals surface area contributed by atoms with Crippen LogP contribution in [0.2, 0.25) is 0 Å². The Labute approximate surface area is 375 Å². The van der Waals surface area contributed by atoms with E-state index in [-0.39, 0.29) is 32.3 Å². The van der Waals surface area contributed by atoms with E-state index in [2.05, 4.69) is 98.9 Å². The normalized spacial score (nSPS) is 14.1. The zero-order valence-electron chi connectivity index (χ0n) is 39.1. The van der Waals surface area contributed by atoms with Crippen LogP contribution in [-0.4, -0.2) is 49.9 Å². The van der Waals surface area contributed by atoms with Crippen molar-refractivity contribution in [3.63, 3.8) is 0 Å². The Hall–Kier alpha value is -2.32. The molecular weight excluding hydrogens is 782 g/mol. The highest BCUT2D eigenvalue weighted by Crippen LogP contribution is 2.43. The zero-order valence-corrected chi connectivity index (χ0v) is 40.0. The summed E-state index contributed by atoms with van der Waals surface area (Å²) >= 11 is 0. The summed E-state index contributed by atoms with van der Waals surface area (Å²) in [5.74, 6) is -0.346. The van der Waals surface area contributed by atoms with Gasteiger partial charge in [-0.25, -0.2) is 4.57 Å². The molecule has 0 heterocycles. The first kappa shape index (κ1) is 58.7. The molecule has 352 valence electrons. The summed E-state index contributed by atoms with van der Waals surface area (Å²) in [7, 11) is -4.30. The molecule has 0 aliphatic carbocycles. The van der Waals surface area contributed by atoms with Gasteiger partial charge in [-0.15, -0.1) is 0 Å². The molecule has 0 fully saturated rings. The first-order chi connectivity index (χ1) is 29.9. The quantitative estimate of drug-likeness (QED) is 0.0269. The SMILES string of the molecule is CC/C=C\C/C=C\C/C=C\C/C=C\C/C=C\C/C=C\C/C=C\CCCCOCC(COP(=O)(O)OCCN)OC(=O)CCCCCCCCCCCCCCCCCCCC. The van der Waals surface area contributed by atoms with Crippen LogP contribution in [0.15, 0.2) is 85.1 Å². The molecule has 0 spiro atoms. The van der Waals surface area contributed by atoms with E-state index in [0.29, 0.717) is 13.0 Å². The van der Waals surface area contributed by atoms with Crippen molar-refractivity contribution >= 4 is 13.8 Å². The van der Waals surface area contributed by atoms with Crippen LogP contribution in [0, 0.1) is 0 Å². The molecule has 61 heavy (non-hydrogen) atoms. The molecule has 0 aromatic carbocycles. The lowest BCUT2D eigenvalue weighted by atomic mass is 10.0. The minimum absolute atomic E-state index is 0.0836. The van der Waals surface area contributed by atoms with Crippen LogP contribution in [0.5, 0.6) is 0 Å². The van der Waals surface area contributed by atoms with E-state index in [0.717, 1.165) is 83.5 Å². The molecule has 0 radical (unpaired) electrons. The molecule has 0 aliphatic heterocycles. The molecule has 0 aliphatic rings. The van der Waals surface area contributed by atoms with E-state index in [4.69, 9.17) is 24.3 Å². The van der Waals surface area contributed by atoms with Gasteiger partial charge in [0.25, 0.3) is 0 Å². The number of rotatable bonds is 46. The molecule has 0 saturated carbocycles. The Morgan fingerprint density at radius 2 is 0.918 bits per heavy atom. The third-order valence-electron chi connectivity index (χ3n) is 10.1. The van der Waals surface area contributed by atoms with Crippen LogP contribution in [0.4, 0.5) is 0 Å². The number of hydrogen-bond donors (Lipinski definition) is 2. The van der Waals surface area contributed by atoms with Gasteiger partial charge in [-0.1, -0.05) is 208 Å². The van der Waals surface area contributed by atoms with Gasteiger partial charge in [-0.3, -0.25) is 13.8 Å². The highest BCUT2D eigenvalue weighted by Gasteiger charge is 2.25. The number of carbonyl (C=O) groups is 1. The van der Waals surface area contributed by atoms with Crippen LogP contribution >= 0.6 is 7.82 Å². The van der Waals surface area contributed by atoms with E-state index in [1.807, 2.05) is 0 Å². The third-order valence-corrected chi connectivity index (χ3v) is 11.1. The van der Waals surface area contributed by atoms with Crippen LogP contribution in [0.25, 0.3) is 0 Å². The standard InChI is InChI=1S/C52H92NO7P/c1-3-5-7-9-11-13-15-17-19-21-23-24-25-26-27-28-30-32-34-36-38-40-42-44-47-57-49-51(50-59-61(55,56)58-48-46-53)60-52(54)45-43-41-39-37-35-33-31-29-22-20-18-16-14-12-10-8-6-4-2/h5,7,11,13,17,19,23-24,26-27,30,32,36,38,51H,3-4,6,8-10,12,14-16,18,20-22,25,28-29,31,33-35,37,39-50,53H2,1-2H3,(H,55,56)/b7-5-,13-11-,19-17-,24-23-,27-26-,32-30-,38-36-. The summed E-state index contributed by atoms with van der Waals surface area (Å²) in [6.45, 7) is 4.70. The fourth-order valence-corrected chi connectivity index (χ4v) is 7.27. The summed E-state index contributed by atoms with van der Waals surface area (Å²) in [5, 5.41) is 0. The molecule has 0 amide bonds. The Kier molecular flexibility index (Phi) is 46.9. The average Bonchev–Trinajstić information content (AvgIpc) is 3.25. The molecular formula is C52H92NO7P. The highest BCUT2D eigenvalue weighted by atomic mass is 31.2. The maximum Gasteiger partial charge on any atom is 0.472 e. The fraction of sp³-hybridized carbons (Fsp3) is 0.712. The second-order valence-corrected chi connectivity index (χ2v) is 17.4. The number of phosphoric ester groups is 1. The van der Waals surface area contributed by atoms with E-state index >= 15 is 0 Å². The topological polar surface area (TPSA) is 117 Å². The molecule has 0 aromatic heterocycles. The van der Waals surface area contributed by atoms with Crippen molar-refractivity contribution in [1.82, 2.24) is 0 Å². The van der Waals surface area contributed by atoms with Gasteiger partial charge in [0, 0.05) is 19.6 Å². The highest BCUT2D eigenvalue weighted by molar-refractivity contribution is 7.47. The Bertz CT molecular complexity index is 1210. The van der Waals surface area contributed by atoms with Crippen LogP contribution in [-0.2, 0) is 27.9 Å². The van der Waals surface area contributed by atoms with Crippen molar-refractivity contribution in [2.45, 2.75) is 206 Å². The minimum atomic E-state index is -4.30. The number of phosphoric acid groups is 1. The lowest BCUT2D eigenvalue weighted by Crippen LogP contribution is -2.28. The fourth-order valence-electron chi connectivity index (χ4n) is 6.51. The summed E-state index contributed by atoms with van der Waals surface area (Å²) in [4.78, 5) is 22.6. The van der Waals surface area contributed by atoms with Gasteiger partial charge in [0.1, 0.15) is 6.10 Å². The summed E-state index contributed by atoms with van der Waals surface area (Å²) in [6, 6.07) is 0. The first-order valence-electron chi connectivity index (χ1n) is 24.6. The molecule has 0 bridgehead atoms. The van der Waals surface area contributed by atoms with Crippen molar-refractivity contribution < 1.29 is 32.8 Å². The van der Waals surface area contributed by atoms with Gasteiger partial charge >= 0.3 is 13.8 Å². The molecule has 9 heteroatoms. The maximum absolute atomic E-state index is 12.6. The molecule has 0 saturated heterocycles. The second-order valence-electron chi connectivity index (χ2n) is 16.0. The Balaban J connectivity index is 4.08. The molecule has 3 N–H and O–H groups in total.